The molecule has 2 atom stereocenters. The molecule has 0 saturated carbocycles. The van der Waals surface area contributed by atoms with Gasteiger partial charge in [0, 0.05) is 23.0 Å². The van der Waals surface area contributed by atoms with Gasteiger partial charge in [-0.3, -0.25) is 0 Å². The van der Waals surface area contributed by atoms with Crippen molar-refractivity contribution in [2.75, 3.05) is 0 Å². The van der Waals surface area contributed by atoms with Crippen LogP contribution in [0.15, 0.2) is 40.9 Å². The molecule has 1 aliphatic heterocycles. The van der Waals surface area contributed by atoms with Crippen LogP contribution in [0.1, 0.15) is 29.7 Å². The van der Waals surface area contributed by atoms with Crippen LogP contribution in [0.5, 0.6) is 5.75 Å². The second-order valence-electron chi connectivity index (χ2n) is 4.80. The Labute approximate surface area is 129 Å². The van der Waals surface area contributed by atoms with E-state index in [9.17, 15) is 4.39 Å². The largest absolute Gasteiger partial charge is 0.485 e. The maximum absolute atomic E-state index is 13.6. The first-order chi connectivity index (χ1) is 9.54. The summed E-state index contributed by atoms with van der Waals surface area (Å²) in [6, 6.07) is 10.2. The first-order valence-electron chi connectivity index (χ1n) is 6.21. The Morgan fingerprint density at radius 1 is 1.25 bits per heavy atom. The topological polar surface area (TPSA) is 35.2 Å². The lowest BCUT2D eigenvalue weighted by Gasteiger charge is -2.30. The first kappa shape index (κ1) is 13.9. The van der Waals surface area contributed by atoms with Crippen molar-refractivity contribution in [3.8, 4) is 5.75 Å². The Morgan fingerprint density at radius 2 is 2.05 bits per heavy atom. The van der Waals surface area contributed by atoms with Crippen LogP contribution in [0.25, 0.3) is 0 Å². The zero-order valence-electron chi connectivity index (χ0n) is 10.4. The van der Waals surface area contributed by atoms with Gasteiger partial charge in [-0.1, -0.05) is 17.7 Å². The van der Waals surface area contributed by atoms with Crippen LogP contribution in [0, 0.1) is 5.82 Å². The average molecular weight is 357 g/mol. The predicted octanol–water partition coefficient (Wildman–Crippen LogP) is 4.77. The van der Waals surface area contributed by atoms with Crippen molar-refractivity contribution in [1.82, 2.24) is 0 Å². The van der Waals surface area contributed by atoms with Crippen molar-refractivity contribution in [3.63, 3.8) is 0 Å². The highest BCUT2D eigenvalue weighted by Crippen LogP contribution is 2.41. The third-order valence-electron chi connectivity index (χ3n) is 3.42. The third kappa shape index (κ3) is 2.55. The normalized spacial score (nSPS) is 21.2. The summed E-state index contributed by atoms with van der Waals surface area (Å²) in [5.74, 6) is 0.406. The van der Waals surface area contributed by atoms with Crippen LogP contribution in [-0.2, 0) is 0 Å². The minimum absolute atomic E-state index is 0.172. The van der Waals surface area contributed by atoms with E-state index in [1.165, 1.54) is 6.07 Å². The molecule has 0 amide bonds. The van der Waals surface area contributed by atoms with Crippen molar-refractivity contribution in [1.29, 1.82) is 0 Å². The highest BCUT2D eigenvalue weighted by Gasteiger charge is 2.27. The number of hydrogen-bond acceptors (Lipinski definition) is 2. The summed E-state index contributed by atoms with van der Waals surface area (Å²) in [7, 11) is 0. The Bertz CT molecular complexity index is 664. The smallest absolute Gasteiger partial charge is 0.137 e. The van der Waals surface area contributed by atoms with Gasteiger partial charge in [0.2, 0.25) is 0 Å². The maximum Gasteiger partial charge on any atom is 0.137 e. The van der Waals surface area contributed by atoms with Crippen molar-refractivity contribution in [2.45, 2.75) is 18.6 Å². The molecule has 2 aromatic rings. The van der Waals surface area contributed by atoms with E-state index < -0.39 is 0 Å². The Hall–Kier alpha value is -1.10. The summed E-state index contributed by atoms with van der Waals surface area (Å²) >= 11 is 9.11. The van der Waals surface area contributed by atoms with Crippen molar-refractivity contribution >= 4 is 27.5 Å². The molecule has 5 heteroatoms. The molecule has 1 unspecified atom stereocenters. The lowest BCUT2D eigenvalue weighted by atomic mass is 9.93. The summed E-state index contributed by atoms with van der Waals surface area (Å²) in [6.45, 7) is 0. The van der Waals surface area contributed by atoms with Gasteiger partial charge in [-0.2, -0.15) is 0 Å². The van der Waals surface area contributed by atoms with Crippen LogP contribution >= 0.6 is 27.5 Å². The maximum atomic E-state index is 13.6. The molecule has 0 fully saturated rings. The number of fused-ring (bicyclic) bond motifs is 1. The van der Waals surface area contributed by atoms with E-state index in [4.69, 9.17) is 22.1 Å². The number of hydrogen-bond donors (Lipinski definition) is 1. The number of rotatable bonds is 1. The van der Waals surface area contributed by atoms with E-state index in [0.29, 0.717) is 21.7 Å². The molecular formula is C15H12BrClFNO. The molecule has 3 rings (SSSR count). The van der Waals surface area contributed by atoms with Gasteiger partial charge >= 0.3 is 0 Å². The van der Waals surface area contributed by atoms with Gasteiger partial charge in [0.1, 0.15) is 17.7 Å². The lowest BCUT2D eigenvalue weighted by Crippen LogP contribution is -2.24. The molecule has 0 radical (unpaired) electrons. The van der Waals surface area contributed by atoms with E-state index in [0.717, 1.165) is 11.1 Å². The summed E-state index contributed by atoms with van der Waals surface area (Å²) in [5.41, 5.74) is 7.84. The Morgan fingerprint density at radius 3 is 2.80 bits per heavy atom. The fourth-order valence-corrected chi connectivity index (χ4v) is 2.82. The van der Waals surface area contributed by atoms with Crippen LogP contribution < -0.4 is 10.5 Å². The predicted molar refractivity (Wildman–Crippen MR) is 80.5 cm³/mol. The van der Waals surface area contributed by atoms with Gasteiger partial charge in [-0.15, -0.1) is 0 Å². The molecule has 1 heterocycles. The molecule has 0 spiro atoms. The van der Waals surface area contributed by atoms with Crippen LogP contribution in [0.2, 0.25) is 5.02 Å². The Kier molecular flexibility index (Phi) is 3.71. The molecule has 20 heavy (non-hydrogen) atoms. The SMILES string of the molecule is N[C@@H]1CC(c2ccc(Br)c(F)c2)Oc2ccc(Cl)cc21. The summed E-state index contributed by atoms with van der Waals surface area (Å²) in [4.78, 5) is 0. The zero-order chi connectivity index (χ0) is 14.3. The summed E-state index contributed by atoms with van der Waals surface area (Å²) in [6.07, 6.45) is 0.343. The van der Waals surface area contributed by atoms with Gasteiger partial charge in [0.15, 0.2) is 0 Å². The molecule has 2 aromatic carbocycles. The van der Waals surface area contributed by atoms with Gasteiger partial charge in [0.25, 0.3) is 0 Å². The fourth-order valence-electron chi connectivity index (χ4n) is 2.39. The van der Waals surface area contributed by atoms with Crippen LogP contribution in [0.4, 0.5) is 4.39 Å². The quantitative estimate of drug-likeness (QED) is 0.799. The van der Waals surface area contributed by atoms with Crippen LogP contribution in [0.3, 0.4) is 0 Å². The average Bonchev–Trinajstić information content (AvgIpc) is 2.42. The van der Waals surface area contributed by atoms with Gasteiger partial charge in [-0.25, -0.2) is 4.39 Å². The molecule has 0 saturated heterocycles. The second kappa shape index (κ2) is 5.35. The van der Waals surface area contributed by atoms with Crippen molar-refractivity contribution < 1.29 is 9.13 Å². The van der Waals surface area contributed by atoms with Crippen molar-refractivity contribution in [2.24, 2.45) is 5.73 Å². The summed E-state index contributed by atoms with van der Waals surface area (Å²) in [5, 5.41) is 0.635. The van der Waals surface area contributed by atoms with E-state index in [2.05, 4.69) is 15.9 Å². The molecular weight excluding hydrogens is 345 g/mol. The fraction of sp³-hybridized carbons (Fsp3) is 0.200. The molecule has 2 N–H and O–H groups in total. The van der Waals surface area contributed by atoms with E-state index in [1.807, 2.05) is 12.1 Å². The monoisotopic (exact) mass is 355 g/mol. The number of ether oxygens (including phenoxy) is 1. The Balaban J connectivity index is 1.94. The van der Waals surface area contributed by atoms with Crippen molar-refractivity contribution in [3.05, 3.63) is 62.8 Å². The minimum Gasteiger partial charge on any atom is -0.485 e. The van der Waals surface area contributed by atoms with E-state index >= 15 is 0 Å². The molecule has 1 aliphatic rings. The van der Waals surface area contributed by atoms with Gasteiger partial charge < -0.3 is 10.5 Å². The highest BCUT2D eigenvalue weighted by molar-refractivity contribution is 9.10. The zero-order valence-corrected chi connectivity index (χ0v) is 12.8. The highest BCUT2D eigenvalue weighted by atomic mass is 79.9. The minimum atomic E-state index is -0.304. The molecule has 2 nitrogen and oxygen atoms in total. The third-order valence-corrected chi connectivity index (χ3v) is 4.30. The van der Waals surface area contributed by atoms with Gasteiger partial charge in [-0.05, 0) is 51.8 Å². The molecule has 0 aliphatic carbocycles. The van der Waals surface area contributed by atoms with Crippen LogP contribution in [-0.4, -0.2) is 0 Å². The van der Waals surface area contributed by atoms with E-state index in [-0.39, 0.29) is 18.0 Å². The first-order valence-corrected chi connectivity index (χ1v) is 7.38. The number of halogens is 3. The number of benzene rings is 2. The molecule has 104 valence electrons. The van der Waals surface area contributed by atoms with Gasteiger partial charge in [0.05, 0.1) is 4.47 Å². The summed E-state index contributed by atoms with van der Waals surface area (Å²) < 4.78 is 20.0. The second-order valence-corrected chi connectivity index (χ2v) is 6.10. The molecule has 0 aromatic heterocycles. The molecule has 0 bridgehead atoms. The standard InChI is InChI=1S/C15H12BrClFNO/c16-11-3-1-8(5-12(11)18)15-7-13(19)10-6-9(17)2-4-14(10)20-15/h1-6,13,15H,7,19H2/t13-,15?/m1/s1. The number of nitrogens with two attached hydrogens (primary N) is 1. The van der Waals surface area contributed by atoms with E-state index in [1.54, 1.807) is 18.2 Å². The lowest BCUT2D eigenvalue weighted by molar-refractivity contribution is 0.161.